The zero-order valence-electron chi connectivity index (χ0n) is 7.14. The molecule has 0 atom stereocenters. The van der Waals surface area contributed by atoms with E-state index in [1.807, 2.05) is 0 Å². The molecule has 0 unspecified atom stereocenters. The van der Waals surface area contributed by atoms with E-state index in [4.69, 9.17) is 0 Å². The lowest BCUT2D eigenvalue weighted by atomic mass is 9.93. The molecule has 4 rings (SSSR count). The van der Waals surface area contributed by atoms with E-state index in [-0.39, 0.29) is 0 Å². The summed E-state index contributed by atoms with van der Waals surface area (Å²) in [6.45, 7) is 16.5. The molecular formula is C12H12. The van der Waals surface area contributed by atoms with Gasteiger partial charge in [-0.1, -0.05) is 48.6 Å². The molecule has 4 aliphatic rings. The lowest BCUT2D eigenvalue weighted by molar-refractivity contribution is 0.681. The van der Waals surface area contributed by atoms with Crippen LogP contribution in [0.15, 0.2) is 48.6 Å². The highest BCUT2D eigenvalue weighted by Crippen LogP contribution is 2.71. The molecule has 0 aromatic carbocycles. The van der Waals surface area contributed by atoms with Gasteiger partial charge in [0.2, 0.25) is 0 Å². The summed E-state index contributed by atoms with van der Waals surface area (Å²) in [4.78, 5) is 0. The summed E-state index contributed by atoms with van der Waals surface area (Å²) in [5.74, 6) is 2.06. The lowest BCUT2D eigenvalue weighted by Crippen LogP contribution is -2.02. The van der Waals surface area contributed by atoms with Crippen LogP contribution >= 0.6 is 0 Å². The van der Waals surface area contributed by atoms with Crippen LogP contribution in [0.3, 0.4) is 0 Å². The summed E-state index contributed by atoms with van der Waals surface area (Å²) in [5.41, 5.74) is 5.42. The van der Waals surface area contributed by atoms with Crippen molar-refractivity contribution in [1.82, 2.24) is 0 Å². The van der Waals surface area contributed by atoms with Crippen molar-refractivity contribution in [3.63, 3.8) is 0 Å². The van der Waals surface area contributed by atoms with Crippen LogP contribution in [0.4, 0.5) is 0 Å². The van der Waals surface area contributed by atoms with Gasteiger partial charge in [0, 0.05) is 23.7 Å². The fourth-order valence-electron chi connectivity index (χ4n) is 3.44. The molecule has 0 nitrogen and oxygen atoms in total. The van der Waals surface area contributed by atoms with Gasteiger partial charge < -0.3 is 0 Å². The van der Waals surface area contributed by atoms with E-state index >= 15 is 0 Å². The van der Waals surface area contributed by atoms with Gasteiger partial charge in [0.1, 0.15) is 0 Å². The summed E-state index contributed by atoms with van der Waals surface area (Å²) >= 11 is 0. The van der Waals surface area contributed by atoms with Crippen molar-refractivity contribution in [3.05, 3.63) is 48.6 Å². The van der Waals surface area contributed by atoms with Crippen LogP contribution in [0.2, 0.25) is 0 Å². The van der Waals surface area contributed by atoms with Gasteiger partial charge in [0.05, 0.1) is 0 Å². The molecule has 4 aliphatic carbocycles. The third-order valence-electron chi connectivity index (χ3n) is 3.86. The van der Waals surface area contributed by atoms with Crippen molar-refractivity contribution in [1.29, 1.82) is 0 Å². The van der Waals surface area contributed by atoms with Crippen LogP contribution in [0, 0.1) is 23.7 Å². The fraction of sp³-hybridized carbons (Fsp3) is 0.333. The molecule has 0 aliphatic heterocycles. The number of rotatable bonds is 0. The zero-order chi connectivity index (χ0) is 8.62. The summed E-state index contributed by atoms with van der Waals surface area (Å²) < 4.78 is 0. The zero-order valence-corrected chi connectivity index (χ0v) is 7.14. The Kier molecular flexibility index (Phi) is 0.818. The van der Waals surface area contributed by atoms with E-state index in [0.717, 1.165) is 0 Å². The van der Waals surface area contributed by atoms with Crippen LogP contribution in [-0.4, -0.2) is 0 Å². The van der Waals surface area contributed by atoms with Crippen molar-refractivity contribution in [2.24, 2.45) is 23.7 Å². The second kappa shape index (κ2) is 1.52. The van der Waals surface area contributed by atoms with Gasteiger partial charge in [-0.15, -0.1) is 0 Å². The molecule has 0 N–H and O–H groups in total. The first-order chi connectivity index (χ1) is 5.64. The Morgan fingerprint density at radius 1 is 0.500 bits per heavy atom. The van der Waals surface area contributed by atoms with Crippen molar-refractivity contribution < 1.29 is 0 Å². The Labute approximate surface area is 73.0 Å². The first kappa shape index (κ1) is 6.47. The molecule has 0 heterocycles. The topological polar surface area (TPSA) is 0 Å². The van der Waals surface area contributed by atoms with E-state index in [2.05, 4.69) is 26.3 Å². The predicted molar refractivity (Wildman–Crippen MR) is 50.5 cm³/mol. The fourth-order valence-corrected chi connectivity index (χ4v) is 3.44. The average molecular weight is 156 g/mol. The Morgan fingerprint density at radius 3 is 0.833 bits per heavy atom. The van der Waals surface area contributed by atoms with Gasteiger partial charge in [0.15, 0.2) is 0 Å². The quantitative estimate of drug-likeness (QED) is 0.473. The Bertz CT molecular complexity index is 260. The van der Waals surface area contributed by atoms with Crippen LogP contribution < -0.4 is 0 Å². The van der Waals surface area contributed by atoms with Gasteiger partial charge >= 0.3 is 0 Å². The van der Waals surface area contributed by atoms with E-state index in [9.17, 15) is 0 Å². The number of hydrogen-bond donors (Lipinski definition) is 0. The molecule has 60 valence electrons. The normalized spacial score (nSPS) is 48.7. The molecule has 0 saturated heterocycles. The molecule has 0 aromatic heterocycles. The third kappa shape index (κ3) is 0.374. The van der Waals surface area contributed by atoms with Crippen LogP contribution in [0.5, 0.6) is 0 Å². The first-order valence-corrected chi connectivity index (χ1v) is 4.39. The van der Waals surface area contributed by atoms with E-state index in [1.54, 1.807) is 0 Å². The van der Waals surface area contributed by atoms with Crippen LogP contribution in [-0.2, 0) is 0 Å². The molecule has 12 heavy (non-hydrogen) atoms. The van der Waals surface area contributed by atoms with Gasteiger partial charge in [-0.25, -0.2) is 0 Å². The maximum absolute atomic E-state index is 4.13. The maximum Gasteiger partial charge on any atom is 0.0117 e. The molecule has 0 heteroatoms. The van der Waals surface area contributed by atoms with Crippen molar-refractivity contribution in [2.75, 3.05) is 0 Å². The van der Waals surface area contributed by atoms with E-state index < -0.39 is 0 Å². The second-order valence-electron chi connectivity index (χ2n) is 4.21. The predicted octanol–water partition coefficient (Wildman–Crippen LogP) is 2.72. The van der Waals surface area contributed by atoms with Gasteiger partial charge in [-0.2, -0.15) is 0 Å². The summed E-state index contributed by atoms with van der Waals surface area (Å²) in [6.07, 6.45) is 0. The molecule has 0 aromatic rings. The second-order valence-corrected chi connectivity index (χ2v) is 4.21. The number of hydrogen-bond acceptors (Lipinski definition) is 0. The molecule has 0 amide bonds. The molecule has 4 bridgehead atoms. The largest absolute Gasteiger partial charge is 0.0986 e. The summed E-state index contributed by atoms with van der Waals surface area (Å²) in [5, 5.41) is 0. The lowest BCUT2D eigenvalue weighted by Gasteiger charge is -2.10. The highest BCUT2D eigenvalue weighted by Gasteiger charge is 2.62. The van der Waals surface area contributed by atoms with Crippen molar-refractivity contribution >= 4 is 0 Å². The smallest absolute Gasteiger partial charge is 0.0117 e. The minimum Gasteiger partial charge on any atom is -0.0986 e. The highest BCUT2D eigenvalue weighted by molar-refractivity contribution is 5.61. The van der Waals surface area contributed by atoms with Crippen LogP contribution in [0.1, 0.15) is 0 Å². The summed E-state index contributed by atoms with van der Waals surface area (Å²) in [6, 6.07) is 0. The van der Waals surface area contributed by atoms with Gasteiger partial charge in [-0.3, -0.25) is 0 Å². The minimum absolute atomic E-state index is 0.514. The molecular weight excluding hydrogens is 144 g/mol. The third-order valence-corrected chi connectivity index (χ3v) is 3.86. The standard InChI is InChI=1S/C12H12/c1-5-9-6(2)11-8(4)12(9)7(3)10(5)11/h9-12H,1-4H2. The SMILES string of the molecule is C=C1C2C(=C)C3C(=C)C2C(=C)C13. The van der Waals surface area contributed by atoms with Crippen molar-refractivity contribution in [3.8, 4) is 0 Å². The summed E-state index contributed by atoms with van der Waals surface area (Å²) in [7, 11) is 0. The van der Waals surface area contributed by atoms with Gasteiger partial charge in [0.25, 0.3) is 0 Å². The molecule has 0 radical (unpaired) electrons. The molecule has 4 saturated carbocycles. The minimum atomic E-state index is 0.514. The Balaban J connectivity index is 2.31. The average Bonchev–Trinajstić information content (AvgIpc) is 2.54. The van der Waals surface area contributed by atoms with E-state index in [1.165, 1.54) is 22.3 Å². The van der Waals surface area contributed by atoms with Crippen LogP contribution in [0.25, 0.3) is 0 Å². The monoisotopic (exact) mass is 156 g/mol. The van der Waals surface area contributed by atoms with Gasteiger partial charge in [-0.05, 0) is 0 Å². The first-order valence-electron chi connectivity index (χ1n) is 4.39. The molecule has 4 fully saturated rings. The molecule has 0 spiro atoms. The maximum atomic E-state index is 4.13. The Hall–Kier alpha value is -1.04. The highest BCUT2D eigenvalue weighted by atomic mass is 14.7. The Morgan fingerprint density at radius 2 is 0.667 bits per heavy atom. The number of allylic oxidation sites excluding steroid dienone is 4. The van der Waals surface area contributed by atoms with E-state index in [0.29, 0.717) is 23.7 Å². The van der Waals surface area contributed by atoms with Crippen molar-refractivity contribution in [2.45, 2.75) is 0 Å².